The van der Waals surface area contributed by atoms with Crippen LogP contribution in [0.25, 0.3) is 0 Å². The summed E-state index contributed by atoms with van der Waals surface area (Å²) < 4.78 is 2.41. The van der Waals surface area contributed by atoms with Crippen LogP contribution in [0.3, 0.4) is 0 Å². The van der Waals surface area contributed by atoms with Gasteiger partial charge in [0.1, 0.15) is 0 Å². The monoisotopic (exact) mass is 145 g/mol. The molecule has 0 N–H and O–H groups in total. The van der Waals surface area contributed by atoms with Crippen molar-refractivity contribution in [2.75, 3.05) is 0 Å². The van der Waals surface area contributed by atoms with Gasteiger partial charge >= 0.3 is 43.8 Å². The summed E-state index contributed by atoms with van der Waals surface area (Å²) in [6.07, 6.45) is 1.43. The molecule has 0 aromatic rings. The second-order valence-corrected chi connectivity index (χ2v) is 0.937. The van der Waals surface area contributed by atoms with Crippen molar-refractivity contribution in [2.45, 2.75) is 0 Å². The van der Waals surface area contributed by atoms with E-state index in [0.29, 0.717) is 0 Å². The van der Waals surface area contributed by atoms with Crippen molar-refractivity contribution in [2.24, 2.45) is 4.99 Å². The van der Waals surface area contributed by atoms with Crippen LogP contribution in [0, 0.1) is 0 Å². The summed E-state index contributed by atoms with van der Waals surface area (Å²) in [6.45, 7) is 3.27. The fourth-order valence-corrected chi connectivity index (χ4v) is 0.183. The first kappa shape index (κ1) is 5.62. The van der Waals surface area contributed by atoms with E-state index < -0.39 is 0 Å². The van der Waals surface area contributed by atoms with Crippen molar-refractivity contribution in [1.29, 1.82) is 0 Å². The molecule has 0 heterocycles. The van der Waals surface area contributed by atoms with E-state index in [-0.39, 0.29) is 0 Å². The third kappa shape index (κ3) is 3.62. The molecule has 0 aromatic carbocycles. The Morgan fingerprint density at radius 3 is 2.67 bits per heavy atom. The van der Waals surface area contributed by atoms with Gasteiger partial charge in [0.05, 0.1) is 0 Å². The van der Waals surface area contributed by atoms with Gasteiger partial charge in [0.15, 0.2) is 0 Å². The van der Waals surface area contributed by atoms with E-state index in [1.807, 2.05) is 0 Å². The first-order valence-corrected chi connectivity index (χ1v) is 2.18. The van der Waals surface area contributed by atoms with Crippen molar-refractivity contribution in [3.8, 4) is 0 Å². The maximum absolute atomic E-state index is 3.49. The second-order valence-electron chi connectivity index (χ2n) is 0.554. The third-order valence-electron chi connectivity index (χ3n) is 0.209. The molecule has 1 nitrogen and oxygen atoms in total. The number of hydrogen-bond donors (Lipinski definition) is 0. The average Bonchev–Trinajstić information content (AvgIpc) is 1.61. The SMILES string of the molecule is C=C=CN=C=[Se]. The molecular weight excluding hydrogens is 141 g/mol. The van der Waals surface area contributed by atoms with Gasteiger partial charge < -0.3 is 0 Å². The van der Waals surface area contributed by atoms with Crippen molar-refractivity contribution in [3.05, 3.63) is 18.5 Å². The van der Waals surface area contributed by atoms with Crippen molar-refractivity contribution in [3.63, 3.8) is 0 Å². The molecule has 0 saturated carbocycles. The van der Waals surface area contributed by atoms with Crippen LogP contribution in [0.15, 0.2) is 23.5 Å². The Kier molecular flexibility index (Phi) is 4.33. The second kappa shape index (κ2) is 4.62. The number of aliphatic imine (C=N–C) groups is 1. The van der Waals surface area contributed by atoms with E-state index in [1.165, 1.54) is 6.20 Å². The fraction of sp³-hybridized carbons (Fsp3) is 0. The number of rotatable bonds is 1. The van der Waals surface area contributed by atoms with Crippen LogP contribution in [0.5, 0.6) is 0 Å². The summed E-state index contributed by atoms with van der Waals surface area (Å²) in [5, 5.41) is 0. The zero-order valence-corrected chi connectivity index (χ0v) is 4.85. The predicted molar refractivity (Wildman–Crippen MR) is 26.9 cm³/mol. The normalized spacial score (nSPS) is 4.67. The standard InChI is InChI=1S/C4H3NSe/c1-2-3-5-4-6/h3H,1H2. The molecule has 0 radical (unpaired) electrons. The first-order chi connectivity index (χ1) is 2.91. The molecule has 2 heteroatoms. The van der Waals surface area contributed by atoms with Gasteiger partial charge in [-0.3, -0.25) is 0 Å². The number of nitrogens with zero attached hydrogens (tertiary/aromatic N) is 1. The van der Waals surface area contributed by atoms with Gasteiger partial charge in [-0.15, -0.1) is 0 Å². The molecule has 0 unspecified atom stereocenters. The fourth-order valence-electron chi connectivity index (χ4n) is 0.0720. The van der Waals surface area contributed by atoms with Crippen LogP contribution in [0.1, 0.15) is 0 Å². The molecule has 0 atom stereocenters. The Balaban J connectivity index is 3.64. The molecule has 0 aliphatic carbocycles. The third-order valence-corrected chi connectivity index (χ3v) is 0.430. The quantitative estimate of drug-likeness (QED) is 0.286. The Hall–Kier alpha value is -0.381. The Bertz CT molecular complexity index is 99.5. The van der Waals surface area contributed by atoms with E-state index in [1.54, 1.807) is 0 Å². The van der Waals surface area contributed by atoms with Crippen molar-refractivity contribution < 1.29 is 0 Å². The molecular formula is C4H3NSe. The van der Waals surface area contributed by atoms with Gasteiger partial charge in [-0.25, -0.2) is 0 Å². The molecule has 30 valence electrons. The summed E-state index contributed by atoms with van der Waals surface area (Å²) >= 11 is 2.46. The van der Waals surface area contributed by atoms with Crippen LogP contribution in [-0.4, -0.2) is 20.3 Å². The van der Waals surface area contributed by atoms with E-state index in [2.05, 4.69) is 37.6 Å². The topological polar surface area (TPSA) is 12.4 Å². The average molecular weight is 144 g/mol. The Labute approximate surface area is 44.4 Å². The summed E-state index contributed by atoms with van der Waals surface area (Å²) in [5.41, 5.74) is 2.44. The van der Waals surface area contributed by atoms with Gasteiger partial charge in [0.2, 0.25) is 0 Å². The minimum atomic E-state index is 1.43. The minimum absolute atomic E-state index is 1.43. The summed E-state index contributed by atoms with van der Waals surface area (Å²) in [7, 11) is 0. The van der Waals surface area contributed by atoms with Crippen LogP contribution < -0.4 is 0 Å². The molecule has 0 fully saturated rings. The maximum atomic E-state index is 3.49. The van der Waals surface area contributed by atoms with E-state index in [4.69, 9.17) is 0 Å². The molecule has 0 rings (SSSR count). The van der Waals surface area contributed by atoms with Crippen molar-refractivity contribution in [1.82, 2.24) is 0 Å². The van der Waals surface area contributed by atoms with Crippen LogP contribution in [0.4, 0.5) is 0 Å². The molecule has 0 aromatic heterocycles. The van der Waals surface area contributed by atoms with Gasteiger partial charge in [0.25, 0.3) is 0 Å². The molecule has 0 saturated heterocycles. The zero-order valence-electron chi connectivity index (χ0n) is 3.14. The van der Waals surface area contributed by atoms with E-state index in [0.717, 1.165) is 0 Å². The van der Waals surface area contributed by atoms with Gasteiger partial charge in [-0.05, 0) is 0 Å². The molecule has 0 aliphatic heterocycles. The van der Waals surface area contributed by atoms with Gasteiger partial charge in [-0.2, -0.15) is 0 Å². The summed E-state index contributed by atoms with van der Waals surface area (Å²) in [5.74, 6) is 0. The van der Waals surface area contributed by atoms with Gasteiger partial charge in [0, 0.05) is 0 Å². The predicted octanol–water partition coefficient (Wildman–Crippen LogP) is 0.359. The van der Waals surface area contributed by atoms with Gasteiger partial charge in [-0.1, -0.05) is 0 Å². The molecule has 6 heavy (non-hydrogen) atoms. The Morgan fingerprint density at radius 2 is 2.50 bits per heavy atom. The van der Waals surface area contributed by atoms with Crippen molar-refractivity contribution >= 4 is 20.3 Å². The van der Waals surface area contributed by atoms with E-state index in [9.17, 15) is 0 Å². The molecule has 0 spiro atoms. The Morgan fingerprint density at radius 1 is 1.83 bits per heavy atom. The first-order valence-electron chi connectivity index (χ1n) is 1.33. The zero-order chi connectivity index (χ0) is 4.83. The van der Waals surface area contributed by atoms with Crippen LogP contribution >= 0.6 is 0 Å². The van der Waals surface area contributed by atoms with Crippen LogP contribution in [0.2, 0.25) is 0 Å². The van der Waals surface area contributed by atoms with E-state index >= 15 is 0 Å². The molecule has 0 amide bonds. The molecule has 0 bridgehead atoms. The number of hydrogen-bond acceptors (Lipinski definition) is 1. The summed E-state index contributed by atoms with van der Waals surface area (Å²) in [6, 6.07) is 0. The molecule has 0 aliphatic rings. The van der Waals surface area contributed by atoms with Crippen LogP contribution in [-0.2, 0) is 0 Å². The summed E-state index contributed by atoms with van der Waals surface area (Å²) in [4.78, 5) is 3.49.